The first kappa shape index (κ1) is 8.51. The molecule has 0 heterocycles. The Balaban J connectivity index is 2.87. The standard InChI is InChI=1S/C11H10O/c1-2-3-9-11(12)10-7-5-4-6-8-10/h2,4-9H,1H3. The van der Waals surface area contributed by atoms with Crippen LogP contribution >= 0.6 is 0 Å². The first-order chi connectivity index (χ1) is 5.84. The molecule has 0 saturated carbocycles. The van der Waals surface area contributed by atoms with Gasteiger partial charge in [-0.05, 0) is 13.0 Å². The largest absolute Gasteiger partial charge is 0.289 e. The fourth-order valence-corrected chi connectivity index (χ4v) is 0.845. The summed E-state index contributed by atoms with van der Waals surface area (Å²) < 4.78 is 0. The predicted molar refractivity (Wildman–Crippen MR) is 49.1 cm³/mol. The van der Waals surface area contributed by atoms with Crippen LogP contribution in [0.4, 0.5) is 0 Å². The van der Waals surface area contributed by atoms with Gasteiger partial charge in [0.25, 0.3) is 0 Å². The summed E-state index contributed by atoms with van der Waals surface area (Å²) in [6.07, 6.45) is 3.15. The predicted octanol–water partition coefficient (Wildman–Crippen LogP) is 2.60. The Morgan fingerprint density at radius 3 is 2.58 bits per heavy atom. The van der Waals surface area contributed by atoms with Gasteiger partial charge in [-0.1, -0.05) is 30.3 Å². The number of carbonyl (C=O) groups excluding carboxylic acids is 1. The molecule has 0 aliphatic heterocycles. The molecule has 0 aliphatic rings. The highest BCUT2D eigenvalue weighted by atomic mass is 16.1. The SMILES string of the molecule is CC=C=CC(=O)c1ccccc1. The van der Waals surface area contributed by atoms with Crippen molar-refractivity contribution >= 4 is 5.78 Å². The molecule has 0 saturated heterocycles. The minimum absolute atomic E-state index is 0.00583. The second-order valence-corrected chi connectivity index (χ2v) is 2.33. The molecule has 1 aromatic rings. The minimum Gasteiger partial charge on any atom is -0.289 e. The van der Waals surface area contributed by atoms with Gasteiger partial charge >= 0.3 is 0 Å². The Kier molecular flexibility index (Phi) is 3.06. The molecule has 1 aromatic carbocycles. The number of allylic oxidation sites excluding steroid dienone is 1. The maximum absolute atomic E-state index is 11.3. The van der Waals surface area contributed by atoms with E-state index >= 15 is 0 Å². The van der Waals surface area contributed by atoms with Crippen molar-refractivity contribution in [3.63, 3.8) is 0 Å². The van der Waals surface area contributed by atoms with E-state index in [1.807, 2.05) is 25.1 Å². The van der Waals surface area contributed by atoms with Crippen molar-refractivity contribution in [1.82, 2.24) is 0 Å². The monoisotopic (exact) mass is 158 g/mol. The molecular formula is C11H10O. The van der Waals surface area contributed by atoms with Crippen molar-refractivity contribution in [2.75, 3.05) is 0 Å². The second kappa shape index (κ2) is 4.32. The maximum atomic E-state index is 11.3. The van der Waals surface area contributed by atoms with Crippen LogP contribution in [0.1, 0.15) is 17.3 Å². The van der Waals surface area contributed by atoms with Crippen LogP contribution in [-0.4, -0.2) is 5.78 Å². The number of carbonyl (C=O) groups is 1. The Labute approximate surface area is 72.0 Å². The molecule has 1 rings (SSSR count). The van der Waals surface area contributed by atoms with Gasteiger partial charge in [0.15, 0.2) is 5.78 Å². The van der Waals surface area contributed by atoms with Crippen LogP contribution in [-0.2, 0) is 0 Å². The van der Waals surface area contributed by atoms with Gasteiger partial charge in [0, 0.05) is 11.6 Å². The molecule has 0 aliphatic carbocycles. The fraction of sp³-hybridized carbons (Fsp3) is 0.0909. The highest BCUT2D eigenvalue weighted by Crippen LogP contribution is 1.99. The number of hydrogen-bond acceptors (Lipinski definition) is 1. The highest BCUT2D eigenvalue weighted by molar-refractivity contribution is 6.04. The van der Waals surface area contributed by atoms with E-state index in [-0.39, 0.29) is 5.78 Å². The molecule has 1 nitrogen and oxygen atoms in total. The number of ketones is 1. The number of benzene rings is 1. The molecule has 60 valence electrons. The van der Waals surface area contributed by atoms with Crippen molar-refractivity contribution in [3.8, 4) is 0 Å². The molecular weight excluding hydrogens is 148 g/mol. The van der Waals surface area contributed by atoms with Gasteiger partial charge < -0.3 is 0 Å². The summed E-state index contributed by atoms with van der Waals surface area (Å²) in [6.45, 7) is 1.83. The minimum atomic E-state index is -0.00583. The number of rotatable bonds is 2. The molecule has 0 atom stereocenters. The lowest BCUT2D eigenvalue weighted by Crippen LogP contribution is -1.91. The van der Waals surface area contributed by atoms with E-state index in [9.17, 15) is 4.79 Å². The van der Waals surface area contributed by atoms with Gasteiger partial charge in [-0.2, -0.15) is 0 Å². The van der Waals surface area contributed by atoms with Crippen LogP contribution < -0.4 is 0 Å². The molecule has 0 fully saturated rings. The first-order valence-corrected chi connectivity index (χ1v) is 3.81. The quantitative estimate of drug-likeness (QED) is 0.367. The van der Waals surface area contributed by atoms with E-state index in [0.717, 1.165) is 0 Å². The summed E-state index contributed by atoms with van der Waals surface area (Å²) in [5.74, 6) is -0.00583. The Bertz CT molecular complexity index is 316. The van der Waals surface area contributed by atoms with Crippen LogP contribution in [0, 0.1) is 0 Å². The van der Waals surface area contributed by atoms with Crippen LogP contribution in [0.5, 0.6) is 0 Å². The molecule has 1 heteroatoms. The van der Waals surface area contributed by atoms with E-state index < -0.39 is 0 Å². The average molecular weight is 158 g/mol. The molecule has 0 unspecified atom stereocenters. The topological polar surface area (TPSA) is 17.1 Å². The normalized spacial score (nSPS) is 8.42. The fourth-order valence-electron chi connectivity index (χ4n) is 0.845. The Morgan fingerprint density at radius 1 is 1.33 bits per heavy atom. The molecule has 0 amide bonds. The van der Waals surface area contributed by atoms with Gasteiger partial charge in [-0.3, -0.25) is 4.79 Å². The van der Waals surface area contributed by atoms with Crippen molar-refractivity contribution in [2.24, 2.45) is 0 Å². The van der Waals surface area contributed by atoms with Crippen LogP contribution in [0.15, 0.2) is 48.2 Å². The molecule has 0 radical (unpaired) electrons. The summed E-state index contributed by atoms with van der Waals surface area (Å²) in [5.41, 5.74) is 3.45. The van der Waals surface area contributed by atoms with Crippen molar-refractivity contribution in [1.29, 1.82) is 0 Å². The van der Waals surface area contributed by atoms with Gasteiger partial charge in [0.1, 0.15) is 0 Å². The summed E-state index contributed by atoms with van der Waals surface area (Å²) in [6, 6.07) is 9.15. The van der Waals surface area contributed by atoms with Crippen LogP contribution in [0.25, 0.3) is 0 Å². The maximum Gasteiger partial charge on any atom is 0.193 e. The second-order valence-electron chi connectivity index (χ2n) is 2.33. The zero-order valence-electron chi connectivity index (χ0n) is 6.95. The summed E-state index contributed by atoms with van der Waals surface area (Å²) in [7, 11) is 0. The van der Waals surface area contributed by atoms with E-state index in [1.165, 1.54) is 6.08 Å². The van der Waals surface area contributed by atoms with E-state index in [4.69, 9.17) is 0 Å². The van der Waals surface area contributed by atoms with Gasteiger partial charge in [0.2, 0.25) is 0 Å². The molecule has 0 N–H and O–H groups in total. The van der Waals surface area contributed by atoms with E-state index in [0.29, 0.717) is 5.56 Å². The zero-order chi connectivity index (χ0) is 8.81. The van der Waals surface area contributed by atoms with Crippen LogP contribution in [0.3, 0.4) is 0 Å². The van der Waals surface area contributed by atoms with Crippen LogP contribution in [0.2, 0.25) is 0 Å². The zero-order valence-corrected chi connectivity index (χ0v) is 6.95. The molecule has 0 spiro atoms. The molecule has 12 heavy (non-hydrogen) atoms. The summed E-state index contributed by atoms with van der Waals surface area (Å²) in [5, 5.41) is 0. The summed E-state index contributed by atoms with van der Waals surface area (Å²) in [4.78, 5) is 11.3. The lowest BCUT2D eigenvalue weighted by molar-refractivity contribution is 0.104. The lowest BCUT2D eigenvalue weighted by atomic mass is 10.1. The van der Waals surface area contributed by atoms with Crippen molar-refractivity contribution in [3.05, 3.63) is 53.8 Å². The number of hydrogen-bond donors (Lipinski definition) is 0. The highest BCUT2D eigenvalue weighted by Gasteiger charge is 1.97. The average Bonchev–Trinajstić information content (AvgIpc) is 2.15. The molecule has 0 aromatic heterocycles. The third-order valence-corrected chi connectivity index (χ3v) is 1.44. The van der Waals surface area contributed by atoms with Gasteiger partial charge in [-0.25, -0.2) is 0 Å². The van der Waals surface area contributed by atoms with Crippen molar-refractivity contribution in [2.45, 2.75) is 6.92 Å². The Hall–Kier alpha value is -1.59. The molecule has 0 bridgehead atoms. The smallest absolute Gasteiger partial charge is 0.193 e. The van der Waals surface area contributed by atoms with E-state index in [2.05, 4.69) is 5.73 Å². The van der Waals surface area contributed by atoms with Gasteiger partial charge in [-0.15, -0.1) is 5.73 Å². The summed E-state index contributed by atoms with van der Waals surface area (Å²) >= 11 is 0. The van der Waals surface area contributed by atoms with Gasteiger partial charge in [0.05, 0.1) is 0 Å². The van der Waals surface area contributed by atoms with E-state index in [1.54, 1.807) is 18.2 Å². The van der Waals surface area contributed by atoms with Crippen molar-refractivity contribution < 1.29 is 4.79 Å². The Morgan fingerprint density at radius 2 is 2.00 bits per heavy atom. The lowest BCUT2D eigenvalue weighted by Gasteiger charge is -1.90. The third kappa shape index (κ3) is 2.22. The third-order valence-electron chi connectivity index (χ3n) is 1.44. The first-order valence-electron chi connectivity index (χ1n) is 3.81.